The quantitative estimate of drug-likeness (QED) is 0.540. The first-order valence-electron chi connectivity index (χ1n) is 7.27. The Bertz CT molecular complexity index is 922. The van der Waals surface area contributed by atoms with Crippen molar-refractivity contribution in [2.75, 3.05) is 5.32 Å². The number of hydrogen-bond acceptors (Lipinski definition) is 6. The van der Waals surface area contributed by atoms with Gasteiger partial charge in [-0.25, -0.2) is 4.98 Å². The highest BCUT2D eigenvalue weighted by molar-refractivity contribution is 7.13. The number of benzene rings is 2. The van der Waals surface area contributed by atoms with Crippen molar-refractivity contribution in [1.82, 2.24) is 4.98 Å². The van der Waals surface area contributed by atoms with Gasteiger partial charge in [0.1, 0.15) is 11.5 Å². The number of anilines is 1. The molecule has 0 fully saturated rings. The second kappa shape index (κ2) is 7.10. The largest absolute Gasteiger partial charge is 0.457 e. The molecule has 0 atom stereocenters. The molecule has 7 nitrogen and oxygen atoms in total. The Hall–Kier alpha value is -3.26. The number of nitrogens with one attached hydrogen (secondary N) is 1. The van der Waals surface area contributed by atoms with Gasteiger partial charge in [-0.1, -0.05) is 6.07 Å². The molecular formula is C17H13N3O4S. The number of nitrogens with zero attached hydrogens (tertiary/aromatic N) is 2. The number of hydrogen-bond donors (Lipinski definition) is 1. The minimum Gasteiger partial charge on any atom is -0.457 e. The van der Waals surface area contributed by atoms with Gasteiger partial charge in [-0.05, 0) is 37.3 Å². The third-order valence-corrected chi connectivity index (χ3v) is 4.09. The predicted octanol–water partition coefficient (Wildman–Crippen LogP) is 4.40. The van der Waals surface area contributed by atoms with Gasteiger partial charge in [-0.3, -0.25) is 20.2 Å². The van der Waals surface area contributed by atoms with Crippen LogP contribution in [0.4, 0.5) is 10.8 Å². The fourth-order valence-electron chi connectivity index (χ4n) is 2.05. The first-order valence-corrected chi connectivity index (χ1v) is 8.15. The minimum atomic E-state index is -0.477. The lowest BCUT2D eigenvalue weighted by atomic mass is 10.2. The summed E-state index contributed by atoms with van der Waals surface area (Å²) in [7, 11) is 0. The van der Waals surface area contributed by atoms with Crippen molar-refractivity contribution < 1.29 is 14.5 Å². The van der Waals surface area contributed by atoms with Crippen molar-refractivity contribution in [3.8, 4) is 11.5 Å². The molecular weight excluding hydrogens is 342 g/mol. The van der Waals surface area contributed by atoms with E-state index in [2.05, 4.69) is 10.3 Å². The molecule has 0 aliphatic carbocycles. The summed E-state index contributed by atoms with van der Waals surface area (Å²) in [4.78, 5) is 26.6. The van der Waals surface area contributed by atoms with E-state index in [1.54, 1.807) is 24.3 Å². The fourth-order valence-corrected chi connectivity index (χ4v) is 2.74. The molecule has 0 aliphatic rings. The number of carbonyl (C=O) groups is 1. The van der Waals surface area contributed by atoms with E-state index in [4.69, 9.17) is 4.74 Å². The molecule has 0 bridgehead atoms. The summed E-state index contributed by atoms with van der Waals surface area (Å²) in [5.74, 6) is 0.610. The van der Waals surface area contributed by atoms with Gasteiger partial charge >= 0.3 is 0 Å². The number of amides is 1. The van der Waals surface area contributed by atoms with Crippen LogP contribution in [0, 0.1) is 17.0 Å². The summed E-state index contributed by atoms with van der Waals surface area (Å²) >= 11 is 1.35. The van der Waals surface area contributed by atoms with Gasteiger partial charge in [-0.2, -0.15) is 0 Å². The molecule has 0 unspecified atom stereocenters. The third-order valence-electron chi connectivity index (χ3n) is 3.22. The molecule has 1 amide bonds. The Labute approximate surface area is 147 Å². The Morgan fingerprint density at radius 2 is 1.96 bits per heavy atom. The van der Waals surface area contributed by atoms with Crippen molar-refractivity contribution in [2.24, 2.45) is 0 Å². The van der Waals surface area contributed by atoms with E-state index in [1.807, 2.05) is 12.3 Å². The van der Waals surface area contributed by atoms with Crippen LogP contribution >= 0.6 is 11.3 Å². The van der Waals surface area contributed by atoms with Gasteiger partial charge in [0, 0.05) is 23.1 Å². The molecule has 126 valence electrons. The zero-order chi connectivity index (χ0) is 17.8. The molecule has 8 heteroatoms. The van der Waals surface area contributed by atoms with Gasteiger partial charge in [0.15, 0.2) is 5.13 Å². The molecule has 0 spiro atoms. The average Bonchev–Trinajstić information content (AvgIpc) is 3.00. The minimum absolute atomic E-state index is 0.0146. The SMILES string of the molecule is Cc1csc(NC(=O)c2cccc(Oc3ccc([N+](=O)[O-])cc3)c2)n1. The van der Waals surface area contributed by atoms with E-state index in [9.17, 15) is 14.9 Å². The van der Waals surface area contributed by atoms with Gasteiger partial charge in [0.2, 0.25) is 0 Å². The van der Waals surface area contributed by atoms with Crippen LogP contribution in [0.5, 0.6) is 11.5 Å². The van der Waals surface area contributed by atoms with E-state index in [-0.39, 0.29) is 11.6 Å². The summed E-state index contributed by atoms with van der Waals surface area (Å²) < 4.78 is 5.64. The third kappa shape index (κ3) is 4.18. The zero-order valence-corrected chi connectivity index (χ0v) is 13.9. The van der Waals surface area contributed by atoms with Gasteiger partial charge in [0.25, 0.3) is 11.6 Å². The maximum atomic E-state index is 12.3. The van der Waals surface area contributed by atoms with Crippen molar-refractivity contribution in [1.29, 1.82) is 0 Å². The highest BCUT2D eigenvalue weighted by atomic mass is 32.1. The van der Waals surface area contributed by atoms with Crippen LogP contribution in [0.15, 0.2) is 53.9 Å². The summed E-state index contributed by atoms with van der Waals surface area (Å²) in [6.45, 7) is 1.85. The summed E-state index contributed by atoms with van der Waals surface area (Å²) in [5.41, 5.74) is 1.25. The number of nitro benzene ring substituents is 1. The van der Waals surface area contributed by atoms with Crippen LogP contribution in [0.2, 0.25) is 0 Å². The topological polar surface area (TPSA) is 94.4 Å². The van der Waals surface area contributed by atoms with E-state index in [0.29, 0.717) is 22.2 Å². The van der Waals surface area contributed by atoms with Crippen molar-refractivity contribution >= 4 is 28.1 Å². The molecule has 1 heterocycles. The molecule has 0 saturated heterocycles. The highest BCUT2D eigenvalue weighted by Crippen LogP contribution is 2.25. The lowest BCUT2D eigenvalue weighted by Crippen LogP contribution is -2.11. The van der Waals surface area contributed by atoms with Crippen LogP contribution in [0.1, 0.15) is 16.1 Å². The van der Waals surface area contributed by atoms with Crippen LogP contribution in [0.3, 0.4) is 0 Å². The Morgan fingerprint density at radius 3 is 2.60 bits per heavy atom. The van der Waals surface area contributed by atoms with Crippen molar-refractivity contribution in [3.05, 3.63) is 75.3 Å². The summed E-state index contributed by atoms with van der Waals surface area (Å²) in [5, 5.41) is 15.8. The number of thiazole rings is 1. The second-order valence-corrected chi connectivity index (χ2v) is 5.99. The summed E-state index contributed by atoms with van der Waals surface area (Å²) in [6.07, 6.45) is 0. The lowest BCUT2D eigenvalue weighted by Gasteiger charge is -2.07. The van der Waals surface area contributed by atoms with Gasteiger partial charge in [-0.15, -0.1) is 11.3 Å². The van der Waals surface area contributed by atoms with Gasteiger partial charge < -0.3 is 4.74 Å². The Balaban J connectivity index is 1.72. The lowest BCUT2D eigenvalue weighted by molar-refractivity contribution is -0.384. The first-order chi connectivity index (χ1) is 12.0. The van der Waals surface area contributed by atoms with Crippen LogP contribution in [-0.2, 0) is 0 Å². The number of aryl methyl sites for hydroxylation is 1. The number of ether oxygens (including phenoxy) is 1. The number of nitro groups is 1. The van der Waals surface area contributed by atoms with Crippen molar-refractivity contribution in [2.45, 2.75) is 6.92 Å². The number of aromatic nitrogens is 1. The van der Waals surface area contributed by atoms with Crippen molar-refractivity contribution in [3.63, 3.8) is 0 Å². The smallest absolute Gasteiger partial charge is 0.269 e. The van der Waals surface area contributed by atoms with E-state index in [1.165, 1.54) is 35.6 Å². The fraction of sp³-hybridized carbons (Fsp3) is 0.0588. The molecule has 1 N–H and O–H groups in total. The van der Waals surface area contributed by atoms with Crippen LogP contribution in [0.25, 0.3) is 0 Å². The molecule has 3 aromatic rings. The zero-order valence-electron chi connectivity index (χ0n) is 13.1. The van der Waals surface area contributed by atoms with E-state index < -0.39 is 4.92 Å². The predicted molar refractivity (Wildman–Crippen MR) is 94.4 cm³/mol. The van der Waals surface area contributed by atoms with E-state index >= 15 is 0 Å². The molecule has 1 aromatic heterocycles. The molecule has 0 saturated carbocycles. The van der Waals surface area contributed by atoms with Gasteiger partial charge in [0.05, 0.1) is 10.6 Å². The second-order valence-electron chi connectivity index (χ2n) is 5.13. The Morgan fingerprint density at radius 1 is 1.20 bits per heavy atom. The normalized spacial score (nSPS) is 10.3. The first kappa shape index (κ1) is 16.6. The molecule has 0 radical (unpaired) electrons. The number of carbonyl (C=O) groups excluding carboxylic acids is 1. The summed E-state index contributed by atoms with van der Waals surface area (Å²) in [6, 6.07) is 12.4. The monoisotopic (exact) mass is 355 g/mol. The molecule has 0 aliphatic heterocycles. The molecule has 3 rings (SSSR count). The molecule has 2 aromatic carbocycles. The highest BCUT2D eigenvalue weighted by Gasteiger charge is 2.10. The Kier molecular flexibility index (Phi) is 4.71. The number of non-ortho nitro benzene ring substituents is 1. The molecule has 25 heavy (non-hydrogen) atoms. The number of rotatable bonds is 5. The van der Waals surface area contributed by atoms with Crippen LogP contribution < -0.4 is 10.1 Å². The standard InChI is InChI=1S/C17H13N3O4S/c1-11-10-25-17(18-11)19-16(21)12-3-2-4-15(9-12)24-14-7-5-13(6-8-14)20(22)23/h2-10H,1H3,(H,18,19,21). The maximum absolute atomic E-state index is 12.3. The van der Waals surface area contributed by atoms with E-state index in [0.717, 1.165) is 5.69 Å². The maximum Gasteiger partial charge on any atom is 0.269 e. The van der Waals surface area contributed by atoms with Crippen LogP contribution in [-0.4, -0.2) is 15.8 Å². The average molecular weight is 355 g/mol.